The number of carbonyl (C=O) groups excluding carboxylic acids is 1. The van der Waals surface area contributed by atoms with Gasteiger partial charge in [-0.15, -0.1) is 0 Å². The van der Waals surface area contributed by atoms with Crippen molar-refractivity contribution in [1.29, 1.82) is 0 Å². The van der Waals surface area contributed by atoms with Crippen LogP contribution in [0.4, 0.5) is 0 Å². The van der Waals surface area contributed by atoms with Gasteiger partial charge in [0.15, 0.2) is 5.76 Å². The quantitative estimate of drug-likeness (QED) is 0.874. The number of furan rings is 1. The third-order valence-electron chi connectivity index (χ3n) is 7.15. The molecule has 2 aliphatic rings. The van der Waals surface area contributed by atoms with Crippen molar-refractivity contribution in [2.75, 3.05) is 0 Å². The standard InChI is InChI=1S/C20H25NO2/c1-12-14-7-5-6-8-15(14)23-17(12)18(22)21-16-11-13-9-10-20(16,4)19(13,2)3/h5-8,13,16H,9-11H2,1-4H3,(H,21,22)/t13-,16-,20-/m0/s1. The third-order valence-corrected chi connectivity index (χ3v) is 7.15. The van der Waals surface area contributed by atoms with Gasteiger partial charge in [-0.25, -0.2) is 0 Å². The Kier molecular flexibility index (Phi) is 2.97. The number of para-hydroxylation sites is 1. The van der Waals surface area contributed by atoms with Gasteiger partial charge in [-0.3, -0.25) is 4.79 Å². The Morgan fingerprint density at radius 3 is 2.61 bits per heavy atom. The zero-order valence-electron chi connectivity index (χ0n) is 14.4. The van der Waals surface area contributed by atoms with Crippen LogP contribution < -0.4 is 5.32 Å². The molecule has 122 valence electrons. The highest BCUT2D eigenvalue weighted by atomic mass is 16.3. The molecule has 1 amide bonds. The first-order chi connectivity index (χ1) is 10.8. The zero-order chi connectivity index (χ0) is 16.4. The van der Waals surface area contributed by atoms with E-state index in [-0.39, 0.29) is 17.4 Å². The Morgan fingerprint density at radius 1 is 1.26 bits per heavy atom. The van der Waals surface area contributed by atoms with Gasteiger partial charge in [0.1, 0.15) is 5.58 Å². The van der Waals surface area contributed by atoms with Gasteiger partial charge in [0.25, 0.3) is 5.91 Å². The van der Waals surface area contributed by atoms with Crippen molar-refractivity contribution in [3.05, 3.63) is 35.6 Å². The van der Waals surface area contributed by atoms with Crippen LogP contribution in [-0.2, 0) is 0 Å². The first kappa shape index (κ1) is 14.8. The highest BCUT2D eigenvalue weighted by Crippen LogP contribution is 2.65. The minimum atomic E-state index is -0.0618. The van der Waals surface area contributed by atoms with E-state index in [4.69, 9.17) is 4.42 Å². The predicted molar refractivity (Wildman–Crippen MR) is 91.4 cm³/mol. The molecule has 0 aliphatic heterocycles. The fraction of sp³-hybridized carbons (Fsp3) is 0.550. The Morgan fingerprint density at radius 2 is 2.00 bits per heavy atom. The number of benzene rings is 1. The van der Waals surface area contributed by atoms with Crippen LogP contribution in [0.25, 0.3) is 11.0 Å². The molecule has 1 aromatic carbocycles. The molecule has 0 unspecified atom stereocenters. The summed E-state index contributed by atoms with van der Waals surface area (Å²) < 4.78 is 5.82. The molecule has 2 aromatic rings. The first-order valence-corrected chi connectivity index (χ1v) is 8.63. The molecule has 1 aromatic heterocycles. The van der Waals surface area contributed by atoms with Gasteiger partial charge in [-0.05, 0) is 49.0 Å². The summed E-state index contributed by atoms with van der Waals surface area (Å²) in [7, 11) is 0. The SMILES string of the molecule is Cc1c(C(=O)N[C@H]2C[C@@H]3CC[C@]2(C)C3(C)C)oc2ccccc12. The van der Waals surface area contributed by atoms with Crippen molar-refractivity contribution in [3.63, 3.8) is 0 Å². The maximum atomic E-state index is 12.8. The molecule has 0 radical (unpaired) electrons. The van der Waals surface area contributed by atoms with Crippen molar-refractivity contribution in [1.82, 2.24) is 5.32 Å². The fourth-order valence-corrected chi connectivity index (χ4v) is 5.04. The lowest BCUT2D eigenvalue weighted by Gasteiger charge is -2.39. The van der Waals surface area contributed by atoms with E-state index < -0.39 is 0 Å². The smallest absolute Gasteiger partial charge is 0.287 e. The maximum absolute atomic E-state index is 12.8. The van der Waals surface area contributed by atoms with Crippen molar-refractivity contribution >= 4 is 16.9 Å². The third kappa shape index (κ3) is 1.85. The van der Waals surface area contributed by atoms with E-state index in [1.165, 1.54) is 12.8 Å². The topological polar surface area (TPSA) is 42.2 Å². The predicted octanol–water partition coefficient (Wildman–Crippen LogP) is 4.69. The first-order valence-electron chi connectivity index (χ1n) is 8.63. The number of hydrogen-bond donors (Lipinski definition) is 1. The minimum Gasteiger partial charge on any atom is -0.451 e. The number of aryl methyl sites for hydroxylation is 1. The van der Waals surface area contributed by atoms with Gasteiger partial charge in [-0.1, -0.05) is 39.0 Å². The molecule has 2 saturated carbocycles. The molecule has 2 fully saturated rings. The van der Waals surface area contributed by atoms with Gasteiger partial charge >= 0.3 is 0 Å². The number of rotatable bonds is 2. The van der Waals surface area contributed by atoms with Gasteiger partial charge in [-0.2, -0.15) is 0 Å². The van der Waals surface area contributed by atoms with Crippen LogP contribution in [0.15, 0.2) is 28.7 Å². The van der Waals surface area contributed by atoms with Gasteiger partial charge in [0.05, 0.1) is 0 Å². The highest BCUT2D eigenvalue weighted by Gasteiger charge is 2.61. The molecule has 3 atom stereocenters. The zero-order valence-corrected chi connectivity index (χ0v) is 14.4. The molecule has 0 saturated heterocycles. The number of hydrogen-bond acceptors (Lipinski definition) is 2. The van der Waals surface area contributed by atoms with Crippen LogP contribution in [-0.4, -0.2) is 11.9 Å². The molecule has 2 aliphatic carbocycles. The molecule has 4 rings (SSSR count). The maximum Gasteiger partial charge on any atom is 0.287 e. The Bertz CT molecular complexity index is 788. The van der Waals surface area contributed by atoms with Crippen LogP contribution in [0.3, 0.4) is 0 Å². The van der Waals surface area contributed by atoms with Crippen LogP contribution >= 0.6 is 0 Å². The van der Waals surface area contributed by atoms with E-state index in [0.717, 1.165) is 28.9 Å². The van der Waals surface area contributed by atoms with Crippen molar-refractivity contribution in [2.45, 2.75) is 53.0 Å². The van der Waals surface area contributed by atoms with E-state index in [1.54, 1.807) is 0 Å². The van der Waals surface area contributed by atoms with Gasteiger partial charge in [0.2, 0.25) is 0 Å². The number of amides is 1. The Hall–Kier alpha value is -1.77. The fourth-order valence-electron chi connectivity index (χ4n) is 5.04. The second kappa shape index (κ2) is 4.62. The van der Waals surface area contributed by atoms with E-state index in [1.807, 2.05) is 31.2 Å². The average Bonchev–Trinajstić information content (AvgIpc) is 3.03. The second-order valence-electron chi connectivity index (χ2n) is 8.19. The Balaban J connectivity index is 1.62. The van der Waals surface area contributed by atoms with Crippen molar-refractivity contribution in [3.8, 4) is 0 Å². The average molecular weight is 311 g/mol. The number of carbonyl (C=O) groups is 1. The van der Waals surface area contributed by atoms with Crippen LogP contribution in [0.2, 0.25) is 0 Å². The van der Waals surface area contributed by atoms with Crippen LogP contribution in [0.5, 0.6) is 0 Å². The number of nitrogens with one attached hydrogen (secondary N) is 1. The van der Waals surface area contributed by atoms with E-state index in [0.29, 0.717) is 11.2 Å². The summed E-state index contributed by atoms with van der Waals surface area (Å²) in [5, 5.41) is 4.32. The monoisotopic (exact) mass is 311 g/mol. The Labute approximate surface area is 137 Å². The van der Waals surface area contributed by atoms with E-state index in [2.05, 4.69) is 26.1 Å². The van der Waals surface area contributed by atoms with Crippen molar-refractivity contribution in [2.24, 2.45) is 16.7 Å². The molecular weight excluding hydrogens is 286 g/mol. The lowest BCUT2D eigenvalue weighted by atomic mass is 9.69. The second-order valence-corrected chi connectivity index (χ2v) is 8.19. The lowest BCUT2D eigenvalue weighted by Crippen LogP contribution is -2.46. The molecule has 3 heteroatoms. The minimum absolute atomic E-state index is 0.0618. The summed E-state index contributed by atoms with van der Waals surface area (Å²) >= 11 is 0. The number of fused-ring (bicyclic) bond motifs is 3. The summed E-state index contributed by atoms with van der Waals surface area (Å²) in [6.45, 7) is 9.04. The highest BCUT2D eigenvalue weighted by molar-refractivity contribution is 5.99. The summed E-state index contributed by atoms with van der Waals surface area (Å²) in [5.41, 5.74) is 2.21. The van der Waals surface area contributed by atoms with E-state index in [9.17, 15) is 4.79 Å². The van der Waals surface area contributed by atoms with Crippen LogP contribution in [0, 0.1) is 23.7 Å². The molecule has 1 heterocycles. The molecule has 3 nitrogen and oxygen atoms in total. The largest absolute Gasteiger partial charge is 0.451 e. The summed E-state index contributed by atoms with van der Waals surface area (Å²) in [6, 6.07) is 8.09. The van der Waals surface area contributed by atoms with Crippen LogP contribution in [0.1, 0.15) is 56.2 Å². The summed E-state index contributed by atoms with van der Waals surface area (Å²) in [4.78, 5) is 12.8. The molecule has 23 heavy (non-hydrogen) atoms. The lowest BCUT2D eigenvalue weighted by molar-refractivity contribution is 0.0802. The molecule has 0 spiro atoms. The van der Waals surface area contributed by atoms with Crippen molar-refractivity contribution < 1.29 is 9.21 Å². The van der Waals surface area contributed by atoms with Gasteiger partial charge in [0, 0.05) is 17.0 Å². The van der Waals surface area contributed by atoms with Gasteiger partial charge < -0.3 is 9.73 Å². The summed E-state index contributed by atoms with van der Waals surface area (Å²) in [5.74, 6) is 1.12. The van der Waals surface area contributed by atoms with E-state index >= 15 is 0 Å². The molecule has 1 N–H and O–H groups in total. The molecule has 2 bridgehead atoms. The summed E-state index contributed by atoms with van der Waals surface area (Å²) in [6.07, 6.45) is 3.59. The normalized spacial score (nSPS) is 31.7. The molecular formula is C20H25NO2.